The lowest BCUT2D eigenvalue weighted by atomic mass is 10.3. The molecule has 0 aliphatic rings. The molecule has 4 N–H and O–H groups in total. The highest BCUT2D eigenvalue weighted by Crippen LogP contribution is 2.22. The Labute approximate surface area is 154 Å². The second-order valence-electron chi connectivity index (χ2n) is 5.21. The van der Waals surface area contributed by atoms with E-state index in [0.717, 1.165) is 0 Å². The van der Waals surface area contributed by atoms with E-state index in [-0.39, 0.29) is 0 Å². The van der Waals surface area contributed by atoms with E-state index in [1.54, 1.807) is 0 Å². The van der Waals surface area contributed by atoms with Crippen LogP contribution in [0.3, 0.4) is 0 Å². The van der Waals surface area contributed by atoms with Crippen LogP contribution in [0.25, 0.3) is 0 Å². The fraction of sp³-hybridized carbons (Fsp3) is 0. The van der Waals surface area contributed by atoms with Crippen LogP contribution in [-0.4, -0.2) is 36.8 Å². The van der Waals surface area contributed by atoms with Crippen LogP contribution < -0.4 is 10.4 Å². The monoisotopic (exact) mass is 474 g/mol. The number of hydrogen-bond acceptors (Lipinski definition) is 5. The minimum Gasteiger partial charge on any atom is -0.387 e. The van der Waals surface area contributed by atoms with Crippen molar-refractivity contribution in [1.29, 1.82) is 0 Å². The van der Waals surface area contributed by atoms with E-state index in [9.17, 15) is 63.1 Å². The fourth-order valence-electron chi connectivity index (χ4n) is 2.08. The maximum absolute atomic E-state index is 13.7. The number of halogens is 10. The molecule has 0 spiro atoms. The van der Waals surface area contributed by atoms with Gasteiger partial charge in [0.15, 0.2) is 46.5 Å². The van der Waals surface area contributed by atoms with Crippen LogP contribution >= 0.6 is 0 Å². The molecule has 0 amide bonds. The number of hydrogen-bond donors (Lipinski definition) is 4. The van der Waals surface area contributed by atoms with Crippen LogP contribution in [0.4, 0.5) is 43.9 Å². The topological polar surface area (TPSA) is 90.2 Å². The van der Waals surface area contributed by atoms with E-state index < -0.39 is 86.2 Å². The van der Waals surface area contributed by atoms with Crippen LogP contribution in [0.15, 0.2) is 0 Å². The average Bonchev–Trinajstić information content (AvgIpc) is 2.60. The molecule has 0 unspecified atom stereocenters. The van der Waals surface area contributed by atoms with Crippen molar-refractivity contribution in [3.05, 3.63) is 58.2 Å². The summed E-state index contributed by atoms with van der Waals surface area (Å²) in [6.45, 7) is 0. The summed E-state index contributed by atoms with van der Waals surface area (Å²) >= 11 is 0. The van der Waals surface area contributed by atoms with Gasteiger partial charge in [-0.05, 0) is 0 Å². The van der Waals surface area contributed by atoms with E-state index in [1.165, 1.54) is 0 Å². The van der Waals surface area contributed by atoms with E-state index in [0.29, 0.717) is 0 Å². The quantitative estimate of drug-likeness (QED) is 0.218. The molecule has 29 heavy (non-hydrogen) atoms. The van der Waals surface area contributed by atoms with Crippen molar-refractivity contribution in [1.82, 2.24) is 0 Å². The predicted octanol–water partition coefficient (Wildman–Crippen LogP) is 0.0554. The number of benzene rings is 2. The van der Waals surface area contributed by atoms with Crippen molar-refractivity contribution in [2.24, 2.45) is 0 Å². The van der Waals surface area contributed by atoms with E-state index in [2.05, 4.69) is 4.12 Å². The van der Waals surface area contributed by atoms with Crippen molar-refractivity contribution in [3.63, 3.8) is 0 Å². The molecule has 2 aromatic rings. The van der Waals surface area contributed by atoms with E-state index in [4.69, 9.17) is 0 Å². The van der Waals surface area contributed by atoms with Crippen molar-refractivity contribution in [2.75, 3.05) is 0 Å². The molecule has 17 heteroatoms. The molecule has 2 aromatic carbocycles. The van der Waals surface area contributed by atoms with Gasteiger partial charge >= 0.3 is 17.6 Å². The second-order valence-corrected chi connectivity index (χ2v) is 9.46. The third kappa shape index (κ3) is 3.65. The first-order valence-electron chi connectivity index (χ1n) is 6.69. The lowest BCUT2D eigenvalue weighted by Crippen LogP contribution is -2.67. The zero-order valence-electron chi connectivity index (χ0n) is 13.0. The Morgan fingerprint density at radius 3 is 0.759 bits per heavy atom. The highest BCUT2D eigenvalue weighted by atomic mass is 28.5. The standard InChI is InChI=1S/C12H4F10O5Si2/c13-1-3(15)7(19)11(8(20)4(1)16)28(23,24)27-29(25,26)12-9(21)5(17)2(14)6(18)10(12)22/h23-26H. The minimum absolute atomic E-state index is 2.53. The van der Waals surface area contributed by atoms with Gasteiger partial charge in [0.05, 0.1) is 10.4 Å². The van der Waals surface area contributed by atoms with Crippen molar-refractivity contribution < 1.29 is 67.2 Å². The normalized spacial score (nSPS) is 12.6. The predicted molar refractivity (Wildman–Crippen MR) is 73.2 cm³/mol. The minimum atomic E-state index is -6.67. The lowest BCUT2D eigenvalue weighted by Gasteiger charge is -2.27. The van der Waals surface area contributed by atoms with Gasteiger partial charge in [-0.1, -0.05) is 0 Å². The van der Waals surface area contributed by atoms with Gasteiger partial charge in [-0.2, -0.15) is 0 Å². The molecule has 5 nitrogen and oxygen atoms in total. The Hall–Kier alpha value is -2.03. The Morgan fingerprint density at radius 2 is 0.552 bits per heavy atom. The van der Waals surface area contributed by atoms with Gasteiger partial charge in [0.25, 0.3) is 0 Å². The van der Waals surface area contributed by atoms with Gasteiger partial charge in [0.1, 0.15) is 0 Å². The van der Waals surface area contributed by atoms with Gasteiger partial charge in [-0.25, -0.2) is 43.9 Å². The molecule has 0 saturated heterocycles. The summed E-state index contributed by atoms with van der Waals surface area (Å²) in [5, 5.41) is -5.06. The van der Waals surface area contributed by atoms with Crippen LogP contribution in [0.2, 0.25) is 0 Å². The largest absolute Gasteiger partial charge is 0.530 e. The maximum atomic E-state index is 13.7. The van der Waals surface area contributed by atoms with Crippen molar-refractivity contribution in [2.45, 2.75) is 0 Å². The van der Waals surface area contributed by atoms with Crippen molar-refractivity contribution >= 4 is 28.0 Å². The fourth-order valence-corrected chi connectivity index (χ4v) is 6.07. The van der Waals surface area contributed by atoms with Gasteiger partial charge in [0.2, 0.25) is 11.6 Å². The molecular weight excluding hydrogens is 470 g/mol. The van der Waals surface area contributed by atoms with Crippen LogP contribution in [0, 0.1) is 58.2 Å². The molecule has 0 aromatic heterocycles. The zero-order valence-corrected chi connectivity index (χ0v) is 15.0. The molecule has 0 bridgehead atoms. The lowest BCUT2D eigenvalue weighted by molar-refractivity contribution is 0.174. The molecule has 0 saturated carbocycles. The summed E-state index contributed by atoms with van der Waals surface area (Å²) in [6.07, 6.45) is 0. The third-order valence-electron chi connectivity index (χ3n) is 3.36. The van der Waals surface area contributed by atoms with Gasteiger partial charge in [-0.3, -0.25) is 0 Å². The molecule has 0 heterocycles. The first-order chi connectivity index (χ1) is 13.1. The van der Waals surface area contributed by atoms with E-state index in [1.807, 2.05) is 0 Å². The summed E-state index contributed by atoms with van der Waals surface area (Å²) in [4.78, 5) is 38.4. The SMILES string of the molecule is O[Si](O)(O[Si](O)(O)c1c(F)c(F)c(F)c(F)c1F)c1c(F)c(F)c(F)c(F)c1F. The van der Waals surface area contributed by atoms with Crippen molar-refractivity contribution in [3.8, 4) is 0 Å². The molecule has 0 radical (unpaired) electrons. The Kier molecular flexibility index (Phi) is 5.89. The van der Waals surface area contributed by atoms with Crippen LogP contribution in [-0.2, 0) is 4.12 Å². The van der Waals surface area contributed by atoms with E-state index >= 15 is 0 Å². The van der Waals surface area contributed by atoms with Gasteiger partial charge in [-0.15, -0.1) is 0 Å². The number of rotatable bonds is 4. The van der Waals surface area contributed by atoms with Crippen LogP contribution in [0.5, 0.6) is 0 Å². The molecule has 2 rings (SSSR count). The summed E-state index contributed by atoms with van der Waals surface area (Å²) in [5.41, 5.74) is 0. The third-order valence-corrected chi connectivity index (χ3v) is 7.81. The average molecular weight is 474 g/mol. The molecule has 0 aliphatic carbocycles. The highest BCUT2D eigenvalue weighted by molar-refractivity contribution is 6.86. The summed E-state index contributed by atoms with van der Waals surface area (Å²) in [6, 6.07) is 0. The highest BCUT2D eigenvalue weighted by Gasteiger charge is 2.56. The Bertz CT molecular complexity index is 878. The second kappa shape index (κ2) is 7.34. The molecule has 0 fully saturated rings. The van der Waals surface area contributed by atoms with Gasteiger partial charge < -0.3 is 23.3 Å². The molecule has 0 aliphatic heterocycles. The van der Waals surface area contributed by atoms with Gasteiger partial charge in [0, 0.05) is 0 Å². The smallest absolute Gasteiger partial charge is 0.387 e. The molecule has 160 valence electrons. The first-order valence-corrected chi connectivity index (χ1v) is 10.3. The van der Waals surface area contributed by atoms with Crippen LogP contribution in [0.1, 0.15) is 0 Å². The zero-order chi connectivity index (χ0) is 22.6. The molecule has 0 atom stereocenters. The summed E-state index contributed by atoms with van der Waals surface area (Å²) in [7, 11) is -13.3. The Morgan fingerprint density at radius 1 is 0.379 bits per heavy atom. The molecular formula is C12H4F10O5Si2. The summed E-state index contributed by atoms with van der Waals surface area (Å²) in [5.74, 6) is -28.1. The first kappa shape index (κ1) is 23.3. The Balaban J connectivity index is 2.68. The summed E-state index contributed by atoms with van der Waals surface area (Å²) < 4.78 is 137. The maximum Gasteiger partial charge on any atom is 0.530 e.